The predicted octanol–water partition coefficient (Wildman–Crippen LogP) is 1.28. The molecule has 6 nitrogen and oxygen atoms in total. The van der Waals surface area contributed by atoms with Crippen molar-refractivity contribution in [3.63, 3.8) is 0 Å². The largest absolute Gasteiger partial charge is 0.444 e. The van der Waals surface area contributed by atoms with Gasteiger partial charge in [0, 0.05) is 13.1 Å². The minimum Gasteiger partial charge on any atom is -0.444 e. The van der Waals surface area contributed by atoms with Crippen molar-refractivity contribution >= 4 is 12.0 Å². The number of fused-ring (bicyclic) bond motifs is 1. The van der Waals surface area contributed by atoms with E-state index in [1.165, 1.54) is 4.90 Å². The van der Waals surface area contributed by atoms with Crippen LogP contribution in [0.4, 0.5) is 18.0 Å². The lowest BCUT2D eigenvalue weighted by Gasteiger charge is -2.26. The van der Waals surface area contributed by atoms with Crippen LogP contribution in [-0.4, -0.2) is 59.5 Å². The van der Waals surface area contributed by atoms with Crippen LogP contribution in [0.3, 0.4) is 0 Å². The van der Waals surface area contributed by atoms with Crippen molar-refractivity contribution in [1.82, 2.24) is 10.2 Å². The van der Waals surface area contributed by atoms with Gasteiger partial charge in [-0.15, -0.1) is 0 Å². The van der Waals surface area contributed by atoms with Crippen LogP contribution in [0.1, 0.15) is 27.2 Å². The molecule has 2 N–H and O–H groups in total. The van der Waals surface area contributed by atoms with Crippen LogP contribution >= 0.6 is 0 Å². The van der Waals surface area contributed by atoms with Gasteiger partial charge in [-0.1, -0.05) is 0 Å². The molecule has 9 heteroatoms. The van der Waals surface area contributed by atoms with Crippen molar-refractivity contribution in [3.05, 3.63) is 0 Å². The van der Waals surface area contributed by atoms with Gasteiger partial charge < -0.3 is 20.1 Å². The maximum Gasteiger partial charge on any atom is 0.416 e. The van der Waals surface area contributed by atoms with Gasteiger partial charge in [-0.2, -0.15) is 13.2 Å². The number of ether oxygens (including phenoxy) is 1. The number of amides is 2. The molecule has 132 valence electrons. The fourth-order valence-electron chi connectivity index (χ4n) is 2.78. The lowest BCUT2D eigenvalue weighted by molar-refractivity contribution is -0.202. The van der Waals surface area contributed by atoms with Crippen LogP contribution in [0, 0.1) is 11.3 Å². The summed E-state index contributed by atoms with van der Waals surface area (Å²) in [7, 11) is 0. The Hall–Kier alpha value is -1.51. The van der Waals surface area contributed by atoms with E-state index in [-0.39, 0.29) is 12.5 Å². The van der Waals surface area contributed by atoms with Crippen molar-refractivity contribution in [1.29, 1.82) is 0 Å². The molecule has 3 atom stereocenters. The van der Waals surface area contributed by atoms with Crippen LogP contribution < -0.4 is 5.32 Å². The lowest BCUT2D eigenvalue weighted by atomic mass is 10.1. The number of nitrogens with zero attached hydrogens (tertiary/aromatic N) is 1. The van der Waals surface area contributed by atoms with Gasteiger partial charge >= 0.3 is 12.3 Å². The lowest BCUT2D eigenvalue weighted by Crippen LogP contribution is -2.45. The quantitative estimate of drug-likeness (QED) is 0.813. The SMILES string of the molecule is CC(C)(C)OC(=O)N1CC2CC2(C(=O)NCC(O)C(F)(F)F)C1. The van der Waals surface area contributed by atoms with Gasteiger partial charge in [0.05, 0.1) is 12.0 Å². The highest BCUT2D eigenvalue weighted by Gasteiger charge is 2.66. The van der Waals surface area contributed by atoms with Crippen molar-refractivity contribution in [2.45, 2.75) is 45.1 Å². The molecular formula is C14H21F3N2O4. The summed E-state index contributed by atoms with van der Waals surface area (Å²) in [5.74, 6) is -0.630. The highest BCUT2D eigenvalue weighted by atomic mass is 19.4. The summed E-state index contributed by atoms with van der Waals surface area (Å²) in [5, 5.41) is 11.1. The standard InChI is InChI=1S/C14H21F3N2O4/c1-12(2,3)23-11(22)19-6-8-4-13(8,7-19)10(21)18-5-9(20)14(15,16)17/h8-9,20H,4-7H2,1-3H3,(H,18,21). The third kappa shape index (κ3) is 3.88. The van der Waals surface area contributed by atoms with E-state index >= 15 is 0 Å². The number of piperidine rings is 1. The van der Waals surface area contributed by atoms with E-state index in [0.717, 1.165) is 0 Å². The second-order valence-electron chi connectivity index (χ2n) is 7.19. The maximum atomic E-state index is 12.2. The molecule has 1 aliphatic carbocycles. The minimum absolute atomic E-state index is 0.0713. The molecule has 2 fully saturated rings. The zero-order chi connectivity index (χ0) is 17.6. The predicted molar refractivity (Wildman–Crippen MR) is 73.4 cm³/mol. The van der Waals surface area contributed by atoms with Gasteiger partial charge in [0.15, 0.2) is 6.10 Å². The van der Waals surface area contributed by atoms with Gasteiger partial charge in [0.25, 0.3) is 0 Å². The van der Waals surface area contributed by atoms with Crippen LogP contribution in [0.15, 0.2) is 0 Å². The minimum atomic E-state index is -4.77. The summed E-state index contributed by atoms with van der Waals surface area (Å²) in [4.78, 5) is 25.5. The highest BCUT2D eigenvalue weighted by molar-refractivity contribution is 5.88. The van der Waals surface area contributed by atoms with E-state index in [2.05, 4.69) is 5.32 Å². The normalized spacial score (nSPS) is 28.1. The number of hydrogen-bond acceptors (Lipinski definition) is 4. The Bertz CT molecular complexity index is 503. The van der Waals surface area contributed by atoms with Crippen LogP contribution in [0.5, 0.6) is 0 Å². The first kappa shape index (κ1) is 17.8. The topological polar surface area (TPSA) is 78.9 Å². The van der Waals surface area contributed by atoms with E-state index in [0.29, 0.717) is 13.0 Å². The van der Waals surface area contributed by atoms with Gasteiger partial charge in [0.2, 0.25) is 5.91 Å². The second kappa shape index (κ2) is 5.54. The number of halogens is 3. The van der Waals surface area contributed by atoms with E-state index in [1.807, 2.05) is 0 Å². The molecule has 1 heterocycles. The third-order valence-electron chi connectivity index (χ3n) is 4.08. The van der Waals surface area contributed by atoms with Crippen LogP contribution in [0.25, 0.3) is 0 Å². The van der Waals surface area contributed by atoms with E-state index in [4.69, 9.17) is 9.84 Å². The Labute approximate surface area is 132 Å². The zero-order valence-corrected chi connectivity index (χ0v) is 13.2. The van der Waals surface area contributed by atoms with Crippen molar-refractivity contribution in [3.8, 4) is 0 Å². The molecule has 1 saturated heterocycles. The molecule has 1 aliphatic heterocycles. The van der Waals surface area contributed by atoms with Gasteiger partial charge in [-0.3, -0.25) is 4.79 Å². The average molecular weight is 338 g/mol. The Balaban J connectivity index is 1.88. The first-order chi connectivity index (χ1) is 10.3. The molecule has 0 spiro atoms. The summed E-state index contributed by atoms with van der Waals surface area (Å²) >= 11 is 0. The summed E-state index contributed by atoms with van der Waals surface area (Å²) in [6.45, 7) is 4.77. The fraction of sp³-hybridized carbons (Fsp3) is 0.857. The van der Waals surface area contributed by atoms with Crippen LogP contribution in [-0.2, 0) is 9.53 Å². The molecule has 0 bridgehead atoms. The van der Waals surface area contributed by atoms with E-state index < -0.39 is 41.8 Å². The number of alkyl halides is 3. The molecule has 3 unspecified atom stereocenters. The van der Waals surface area contributed by atoms with E-state index in [9.17, 15) is 22.8 Å². The maximum absolute atomic E-state index is 12.2. The first-order valence-electron chi connectivity index (χ1n) is 7.36. The number of nitrogens with one attached hydrogen (secondary N) is 1. The number of carbonyl (C=O) groups excluding carboxylic acids is 2. The number of carbonyl (C=O) groups is 2. The Morgan fingerprint density at radius 3 is 2.52 bits per heavy atom. The monoisotopic (exact) mass is 338 g/mol. The molecule has 0 aromatic rings. The molecule has 23 heavy (non-hydrogen) atoms. The number of aliphatic hydroxyl groups is 1. The number of likely N-dealkylation sites (tertiary alicyclic amines) is 1. The van der Waals surface area contributed by atoms with Gasteiger partial charge in [-0.25, -0.2) is 4.79 Å². The van der Waals surface area contributed by atoms with Gasteiger partial charge in [-0.05, 0) is 33.1 Å². The Morgan fingerprint density at radius 2 is 2.00 bits per heavy atom. The molecule has 2 amide bonds. The average Bonchev–Trinajstić information content (AvgIpc) is 2.95. The van der Waals surface area contributed by atoms with E-state index in [1.54, 1.807) is 20.8 Å². The smallest absolute Gasteiger partial charge is 0.416 e. The Kier molecular flexibility index (Phi) is 4.29. The Morgan fingerprint density at radius 1 is 1.39 bits per heavy atom. The molecule has 0 radical (unpaired) electrons. The van der Waals surface area contributed by atoms with Crippen molar-refractivity contribution in [2.75, 3.05) is 19.6 Å². The molecule has 0 aromatic heterocycles. The molecule has 1 saturated carbocycles. The first-order valence-corrected chi connectivity index (χ1v) is 7.36. The summed E-state index contributed by atoms with van der Waals surface area (Å²) in [6.07, 6.45) is -7.37. The zero-order valence-electron chi connectivity index (χ0n) is 13.2. The third-order valence-corrected chi connectivity index (χ3v) is 4.08. The molecule has 0 aromatic carbocycles. The van der Waals surface area contributed by atoms with Crippen LogP contribution in [0.2, 0.25) is 0 Å². The summed E-state index contributed by atoms with van der Waals surface area (Å²) in [5.41, 5.74) is -1.50. The highest BCUT2D eigenvalue weighted by Crippen LogP contribution is 2.58. The van der Waals surface area contributed by atoms with Crippen molar-refractivity contribution in [2.24, 2.45) is 11.3 Å². The molecule has 2 rings (SSSR count). The molecular weight excluding hydrogens is 317 g/mol. The number of rotatable bonds is 3. The van der Waals surface area contributed by atoms with Gasteiger partial charge in [0.1, 0.15) is 5.60 Å². The summed E-state index contributed by atoms with van der Waals surface area (Å²) in [6, 6.07) is 0. The number of aliphatic hydroxyl groups excluding tert-OH is 1. The summed E-state index contributed by atoms with van der Waals surface area (Å²) < 4.78 is 41.9. The second-order valence-corrected chi connectivity index (χ2v) is 7.19. The molecule has 2 aliphatic rings. The van der Waals surface area contributed by atoms with Crippen molar-refractivity contribution < 1.29 is 32.6 Å². The fourth-order valence-corrected chi connectivity index (χ4v) is 2.78. The number of hydrogen-bond donors (Lipinski definition) is 2.